The highest BCUT2D eigenvalue weighted by Gasteiger charge is 2.33. The normalized spacial score (nSPS) is 29.9. The van der Waals surface area contributed by atoms with Gasteiger partial charge in [0.05, 0.1) is 5.92 Å². The van der Waals surface area contributed by atoms with Crippen LogP contribution < -0.4 is 5.32 Å². The molecule has 0 radical (unpaired) electrons. The fraction of sp³-hybridized carbons (Fsp3) is 0.619. The molecule has 1 aromatic rings. The third-order valence-electron chi connectivity index (χ3n) is 6.08. The Kier molecular flexibility index (Phi) is 6.30. The number of aliphatic carboxylic acids is 1. The molecule has 2 unspecified atom stereocenters. The maximum absolute atomic E-state index is 12.6. The molecular weight excluding hydrogens is 328 g/mol. The summed E-state index contributed by atoms with van der Waals surface area (Å²) in [6, 6.07) is 10.8. The number of benzene rings is 1. The average Bonchev–Trinajstić information content (AvgIpc) is 2.67. The number of hydrogen-bond donors (Lipinski definition) is 2. The first-order valence-corrected chi connectivity index (χ1v) is 9.82. The molecule has 4 atom stereocenters. The van der Waals surface area contributed by atoms with Gasteiger partial charge in [0.15, 0.2) is 0 Å². The van der Waals surface area contributed by atoms with Crippen LogP contribution in [0.1, 0.15) is 50.1 Å². The van der Waals surface area contributed by atoms with Crippen molar-refractivity contribution in [3.63, 3.8) is 0 Å². The molecule has 142 valence electrons. The first-order valence-electron chi connectivity index (χ1n) is 9.82. The molecule has 2 aliphatic rings. The van der Waals surface area contributed by atoms with E-state index in [-0.39, 0.29) is 17.7 Å². The molecule has 0 bridgehead atoms. The van der Waals surface area contributed by atoms with Gasteiger partial charge in [-0.25, -0.2) is 0 Å². The maximum Gasteiger partial charge on any atom is 0.306 e. The molecule has 2 fully saturated rings. The number of likely N-dealkylation sites (tertiary alicyclic amines) is 1. The maximum atomic E-state index is 12.6. The number of carbonyl (C=O) groups excluding carboxylic acids is 1. The lowest BCUT2D eigenvalue weighted by Crippen LogP contribution is -2.43. The molecule has 0 aromatic heterocycles. The van der Waals surface area contributed by atoms with E-state index in [1.807, 2.05) is 6.07 Å². The largest absolute Gasteiger partial charge is 0.481 e. The molecule has 1 saturated carbocycles. The highest BCUT2D eigenvalue weighted by Crippen LogP contribution is 2.35. The van der Waals surface area contributed by atoms with Crippen LogP contribution in [0.3, 0.4) is 0 Å². The third-order valence-corrected chi connectivity index (χ3v) is 6.08. The van der Waals surface area contributed by atoms with Gasteiger partial charge in [-0.15, -0.1) is 0 Å². The smallest absolute Gasteiger partial charge is 0.306 e. The highest BCUT2D eigenvalue weighted by atomic mass is 16.4. The van der Waals surface area contributed by atoms with Crippen molar-refractivity contribution in [2.24, 2.45) is 17.8 Å². The van der Waals surface area contributed by atoms with Gasteiger partial charge in [-0.2, -0.15) is 0 Å². The van der Waals surface area contributed by atoms with Gasteiger partial charge in [0.25, 0.3) is 0 Å². The predicted octanol–water partition coefficient (Wildman–Crippen LogP) is 3.08. The van der Waals surface area contributed by atoms with Gasteiger partial charge in [0.2, 0.25) is 5.91 Å². The van der Waals surface area contributed by atoms with Crippen molar-refractivity contribution in [3.8, 4) is 0 Å². The summed E-state index contributed by atoms with van der Waals surface area (Å²) in [4.78, 5) is 26.2. The predicted molar refractivity (Wildman–Crippen MR) is 101 cm³/mol. The number of nitrogens with one attached hydrogen (secondary N) is 1. The van der Waals surface area contributed by atoms with Crippen molar-refractivity contribution in [3.05, 3.63) is 35.9 Å². The first-order chi connectivity index (χ1) is 12.6. The van der Waals surface area contributed by atoms with Gasteiger partial charge in [-0.05, 0) is 57.2 Å². The Bertz CT molecular complexity index is 619. The number of carbonyl (C=O) groups is 2. The second kappa shape index (κ2) is 8.67. The highest BCUT2D eigenvalue weighted by molar-refractivity contribution is 5.80. The Morgan fingerprint density at radius 1 is 1.12 bits per heavy atom. The summed E-state index contributed by atoms with van der Waals surface area (Å²) in [5.41, 5.74) is 1.30. The Balaban J connectivity index is 1.60. The van der Waals surface area contributed by atoms with Crippen molar-refractivity contribution in [1.82, 2.24) is 10.2 Å². The second-order valence-corrected chi connectivity index (χ2v) is 7.88. The Hall–Kier alpha value is -1.88. The van der Waals surface area contributed by atoms with Crippen molar-refractivity contribution < 1.29 is 14.7 Å². The van der Waals surface area contributed by atoms with E-state index in [4.69, 9.17) is 0 Å². The zero-order chi connectivity index (χ0) is 18.5. The fourth-order valence-corrected chi connectivity index (χ4v) is 4.68. The van der Waals surface area contributed by atoms with Crippen LogP contribution in [0.4, 0.5) is 0 Å². The van der Waals surface area contributed by atoms with E-state index < -0.39 is 5.97 Å². The summed E-state index contributed by atoms with van der Waals surface area (Å²) in [6.07, 6.45) is 5.06. The van der Waals surface area contributed by atoms with Crippen LogP contribution in [-0.2, 0) is 9.59 Å². The van der Waals surface area contributed by atoms with Crippen LogP contribution in [-0.4, -0.2) is 42.0 Å². The van der Waals surface area contributed by atoms with Gasteiger partial charge in [-0.3, -0.25) is 14.5 Å². The molecular formula is C21H30N2O3. The molecule has 5 heteroatoms. The quantitative estimate of drug-likeness (QED) is 0.849. The van der Waals surface area contributed by atoms with Crippen molar-refractivity contribution in [2.45, 2.75) is 44.6 Å². The molecule has 1 aromatic carbocycles. The monoisotopic (exact) mass is 358 g/mol. The van der Waals surface area contributed by atoms with Crippen molar-refractivity contribution in [1.29, 1.82) is 0 Å². The van der Waals surface area contributed by atoms with Gasteiger partial charge in [0.1, 0.15) is 0 Å². The summed E-state index contributed by atoms with van der Waals surface area (Å²) < 4.78 is 0. The number of carboxylic acids is 1. The molecule has 0 spiro atoms. The Morgan fingerprint density at radius 2 is 1.85 bits per heavy atom. The number of rotatable bonds is 5. The van der Waals surface area contributed by atoms with E-state index in [0.29, 0.717) is 31.3 Å². The van der Waals surface area contributed by atoms with Crippen LogP contribution >= 0.6 is 0 Å². The molecule has 1 heterocycles. The lowest BCUT2D eigenvalue weighted by molar-refractivity contribution is -0.144. The summed E-state index contributed by atoms with van der Waals surface area (Å²) in [6.45, 7) is 1.74. The van der Waals surface area contributed by atoms with E-state index in [9.17, 15) is 14.7 Å². The molecule has 2 N–H and O–H groups in total. The van der Waals surface area contributed by atoms with Gasteiger partial charge in [-0.1, -0.05) is 36.8 Å². The van der Waals surface area contributed by atoms with Crippen molar-refractivity contribution in [2.75, 3.05) is 20.1 Å². The first kappa shape index (κ1) is 18.9. The fourth-order valence-electron chi connectivity index (χ4n) is 4.68. The number of carboxylic acid groups (broad SMARTS) is 1. The molecule has 3 rings (SSSR count). The zero-order valence-corrected chi connectivity index (χ0v) is 15.6. The summed E-state index contributed by atoms with van der Waals surface area (Å²) in [7, 11) is 2.16. The third kappa shape index (κ3) is 4.44. The van der Waals surface area contributed by atoms with Gasteiger partial charge >= 0.3 is 5.97 Å². The van der Waals surface area contributed by atoms with Crippen LogP contribution in [0.5, 0.6) is 0 Å². The number of hydrogen-bond acceptors (Lipinski definition) is 3. The second-order valence-electron chi connectivity index (χ2n) is 7.88. The summed E-state index contributed by atoms with van der Waals surface area (Å²) >= 11 is 0. The minimum atomic E-state index is -0.763. The summed E-state index contributed by atoms with van der Waals surface area (Å²) in [5, 5.41) is 12.4. The Morgan fingerprint density at radius 3 is 2.58 bits per heavy atom. The minimum Gasteiger partial charge on any atom is -0.481 e. The Labute approximate surface area is 155 Å². The van der Waals surface area contributed by atoms with Crippen LogP contribution in [0, 0.1) is 17.8 Å². The van der Waals surface area contributed by atoms with Gasteiger partial charge in [0, 0.05) is 18.5 Å². The molecule has 1 aliphatic heterocycles. The molecule has 1 amide bonds. The lowest BCUT2D eigenvalue weighted by Gasteiger charge is -2.40. The SMILES string of the molecule is CN1CCC[C@@H](CNC(=O)C2CCCC(C(=O)O)C2)[C@@H]1c1ccccc1. The topological polar surface area (TPSA) is 69.6 Å². The lowest BCUT2D eigenvalue weighted by atomic mass is 9.80. The molecule has 1 aliphatic carbocycles. The van der Waals surface area contributed by atoms with Gasteiger partial charge < -0.3 is 10.4 Å². The molecule has 5 nitrogen and oxygen atoms in total. The van der Waals surface area contributed by atoms with E-state index in [1.54, 1.807) is 0 Å². The van der Waals surface area contributed by atoms with Crippen molar-refractivity contribution >= 4 is 11.9 Å². The van der Waals surface area contributed by atoms with Crippen LogP contribution in [0.15, 0.2) is 30.3 Å². The van der Waals surface area contributed by atoms with E-state index in [0.717, 1.165) is 32.2 Å². The van der Waals surface area contributed by atoms with E-state index in [2.05, 4.69) is 41.5 Å². The van der Waals surface area contributed by atoms with Crippen LogP contribution in [0.25, 0.3) is 0 Å². The summed E-state index contributed by atoms with van der Waals surface area (Å²) in [5.74, 6) is -0.853. The number of nitrogens with zero attached hydrogens (tertiary/aromatic N) is 1. The van der Waals surface area contributed by atoms with E-state index >= 15 is 0 Å². The number of piperidine rings is 1. The zero-order valence-electron chi connectivity index (χ0n) is 15.6. The molecule has 26 heavy (non-hydrogen) atoms. The number of amides is 1. The van der Waals surface area contributed by atoms with E-state index in [1.165, 1.54) is 5.56 Å². The average molecular weight is 358 g/mol. The van der Waals surface area contributed by atoms with Crippen LogP contribution in [0.2, 0.25) is 0 Å². The minimum absolute atomic E-state index is 0.0380. The standard InChI is InChI=1S/C21H30N2O3/c1-23-12-6-11-18(19(23)15-7-3-2-4-8-15)14-22-20(24)16-9-5-10-17(13-16)21(25)26/h2-4,7-8,16-19H,5-6,9-14H2,1H3,(H,22,24)(H,25,26)/t16?,17?,18-,19-/m0/s1. The molecule has 1 saturated heterocycles.